The van der Waals surface area contributed by atoms with Crippen molar-refractivity contribution in [1.29, 1.82) is 0 Å². The zero-order valence-electron chi connectivity index (χ0n) is 10.0. The fourth-order valence-corrected chi connectivity index (χ4v) is 2.27. The summed E-state index contributed by atoms with van der Waals surface area (Å²) in [6, 6.07) is 3.91. The first-order valence-electron chi connectivity index (χ1n) is 6.05. The van der Waals surface area contributed by atoms with Crippen LogP contribution in [0.4, 0.5) is 8.78 Å². The van der Waals surface area contributed by atoms with Gasteiger partial charge in [0.25, 0.3) is 0 Å². The van der Waals surface area contributed by atoms with Crippen molar-refractivity contribution in [3.05, 3.63) is 35.4 Å². The molecule has 17 heavy (non-hydrogen) atoms. The third-order valence-electron chi connectivity index (χ3n) is 3.30. The number of rotatable bonds is 3. The number of piperazine rings is 1. The minimum atomic E-state index is -0.367. The summed E-state index contributed by atoms with van der Waals surface area (Å²) in [5, 5.41) is 3.28. The van der Waals surface area contributed by atoms with Gasteiger partial charge in [-0.1, -0.05) is 0 Å². The second-order valence-corrected chi connectivity index (χ2v) is 4.57. The number of benzene rings is 1. The molecule has 1 N–H and O–H groups in total. The average molecular weight is 240 g/mol. The summed E-state index contributed by atoms with van der Waals surface area (Å²) in [5.41, 5.74) is 0.469. The Kier molecular flexibility index (Phi) is 4.07. The molecule has 1 unspecified atom stereocenters. The molecule has 0 bridgehead atoms. The van der Waals surface area contributed by atoms with Gasteiger partial charge in [-0.3, -0.25) is 4.90 Å². The van der Waals surface area contributed by atoms with E-state index in [-0.39, 0.29) is 17.7 Å². The lowest BCUT2D eigenvalue weighted by molar-refractivity contribution is 0.182. The highest BCUT2D eigenvalue weighted by molar-refractivity contribution is 5.19. The van der Waals surface area contributed by atoms with Gasteiger partial charge < -0.3 is 5.32 Å². The molecule has 0 radical (unpaired) electrons. The van der Waals surface area contributed by atoms with Crippen LogP contribution in [-0.2, 0) is 6.42 Å². The van der Waals surface area contributed by atoms with E-state index in [2.05, 4.69) is 17.1 Å². The summed E-state index contributed by atoms with van der Waals surface area (Å²) in [5.74, 6) is -0.678. The van der Waals surface area contributed by atoms with Crippen molar-refractivity contribution < 1.29 is 8.78 Å². The summed E-state index contributed by atoms with van der Waals surface area (Å²) >= 11 is 0. The van der Waals surface area contributed by atoms with Crippen LogP contribution in [-0.4, -0.2) is 37.1 Å². The minimum Gasteiger partial charge on any atom is -0.314 e. The molecule has 4 heteroatoms. The maximum absolute atomic E-state index is 13.5. The van der Waals surface area contributed by atoms with Crippen molar-refractivity contribution >= 4 is 0 Å². The van der Waals surface area contributed by atoms with E-state index in [1.54, 1.807) is 0 Å². The topological polar surface area (TPSA) is 15.3 Å². The largest absolute Gasteiger partial charge is 0.314 e. The van der Waals surface area contributed by atoms with Crippen LogP contribution in [0.3, 0.4) is 0 Å². The van der Waals surface area contributed by atoms with Crippen molar-refractivity contribution in [2.75, 3.05) is 26.2 Å². The SMILES string of the molecule is CC(Cc1cc(F)ccc1F)N1CCNCC1. The number of hydrogen-bond acceptors (Lipinski definition) is 2. The summed E-state index contributed by atoms with van der Waals surface area (Å²) in [6.45, 7) is 5.94. The number of nitrogens with zero attached hydrogens (tertiary/aromatic N) is 1. The normalized spacial score (nSPS) is 19.2. The van der Waals surface area contributed by atoms with Crippen molar-refractivity contribution in [2.24, 2.45) is 0 Å². The van der Waals surface area contributed by atoms with Gasteiger partial charge in [0.2, 0.25) is 0 Å². The van der Waals surface area contributed by atoms with Crippen LogP contribution in [0.2, 0.25) is 0 Å². The molecule has 2 rings (SSSR count). The van der Waals surface area contributed by atoms with Crippen LogP contribution in [0, 0.1) is 11.6 Å². The first kappa shape index (κ1) is 12.5. The molecule has 0 amide bonds. The Balaban J connectivity index is 2.01. The van der Waals surface area contributed by atoms with Crippen molar-refractivity contribution in [2.45, 2.75) is 19.4 Å². The van der Waals surface area contributed by atoms with Crippen LogP contribution in [0.15, 0.2) is 18.2 Å². The Bertz CT molecular complexity index is 376. The molecule has 1 aromatic carbocycles. The molecular formula is C13H18F2N2. The maximum atomic E-state index is 13.5. The Morgan fingerprint density at radius 1 is 1.29 bits per heavy atom. The fourth-order valence-electron chi connectivity index (χ4n) is 2.27. The molecule has 1 aliphatic rings. The van der Waals surface area contributed by atoms with Crippen molar-refractivity contribution in [3.63, 3.8) is 0 Å². The first-order chi connectivity index (χ1) is 8.16. The molecule has 2 nitrogen and oxygen atoms in total. The van der Waals surface area contributed by atoms with E-state index in [1.807, 2.05) is 0 Å². The second kappa shape index (κ2) is 5.56. The Morgan fingerprint density at radius 3 is 2.71 bits per heavy atom. The summed E-state index contributed by atoms with van der Waals surface area (Å²) in [4.78, 5) is 2.31. The number of nitrogens with one attached hydrogen (secondary N) is 1. The molecule has 0 saturated carbocycles. The monoisotopic (exact) mass is 240 g/mol. The number of halogens is 2. The van der Waals surface area contributed by atoms with Gasteiger partial charge in [-0.25, -0.2) is 8.78 Å². The molecule has 1 fully saturated rings. The van der Waals surface area contributed by atoms with E-state index in [1.165, 1.54) is 12.1 Å². The van der Waals surface area contributed by atoms with E-state index in [4.69, 9.17) is 0 Å². The lowest BCUT2D eigenvalue weighted by Gasteiger charge is -2.32. The standard InChI is InChI=1S/C13H18F2N2/c1-10(17-6-4-16-5-7-17)8-11-9-12(14)2-3-13(11)15/h2-3,9-10,16H,4-8H2,1H3. The second-order valence-electron chi connectivity index (χ2n) is 4.57. The molecule has 0 spiro atoms. The zero-order chi connectivity index (χ0) is 12.3. The van der Waals surface area contributed by atoms with Crippen molar-refractivity contribution in [3.8, 4) is 0 Å². The summed E-state index contributed by atoms with van der Waals surface area (Å²) in [7, 11) is 0. The molecular weight excluding hydrogens is 222 g/mol. The molecule has 0 aliphatic carbocycles. The van der Waals surface area contributed by atoms with E-state index in [0.29, 0.717) is 12.0 Å². The smallest absolute Gasteiger partial charge is 0.126 e. The Morgan fingerprint density at radius 2 is 2.00 bits per heavy atom. The summed E-state index contributed by atoms with van der Waals surface area (Å²) in [6.07, 6.45) is 0.559. The van der Waals surface area contributed by atoms with Crippen LogP contribution in [0.1, 0.15) is 12.5 Å². The first-order valence-corrected chi connectivity index (χ1v) is 6.05. The van der Waals surface area contributed by atoms with E-state index >= 15 is 0 Å². The lowest BCUT2D eigenvalue weighted by Crippen LogP contribution is -2.48. The van der Waals surface area contributed by atoms with Gasteiger partial charge in [0.15, 0.2) is 0 Å². The average Bonchev–Trinajstić information content (AvgIpc) is 2.35. The van der Waals surface area contributed by atoms with Gasteiger partial charge in [0.05, 0.1) is 0 Å². The van der Waals surface area contributed by atoms with Gasteiger partial charge in [-0.2, -0.15) is 0 Å². The Hall–Kier alpha value is -1.00. The van der Waals surface area contributed by atoms with Crippen LogP contribution in [0.25, 0.3) is 0 Å². The highest BCUT2D eigenvalue weighted by atomic mass is 19.1. The Labute approximate surface area is 101 Å². The molecule has 1 aliphatic heterocycles. The maximum Gasteiger partial charge on any atom is 0.126 e. The molecule has 1 saturated heterocycles. The predicted molar refractivity (Wildman–Crippen MR) is 64.0 cm³/mol. The van der Waals surface area contributed by atoms with Crippen LogP contribution in [0.5, 0.6) is 0 Å². The summed E-state index contributed by atoms with van der Waals surface area (Å²) < 4.78 is 26.5. The van der Waals surface area contributed by atoms with Gasteiger partial charge in [0.1, 0.15) is 11.6 Å². The van der Waals surface area contributed by atoms with Gasteiger partial charge in [-0.15, -0.1) is 0 Å². The van der Waals surface area contributed by atoms with E-state index < -0.39 is 0 Å². The molecule has 94 valence electrons. The van der Waals surface area contributed by atoms with Gasteiger partial charge in [0, 0.05) is 32.2 Å². The highest BCUT2D eigenvalue weighted by Gasteiger charge is 2.18. The third kappa shape index (κ3) is 3.23. The van der Waals surface area contributed by atoms with Crippen LogP contribution < -0.4 is 5.32 Å². The molecule has 0 aromatic heterocycles. The van der Waals surface area contributed by atoms with E-state index in [0.717, 1.165) is 32.2 Å². The quantitative estimate of drug-likeness (QED) is 0.866. The van der Waals surface area contributed by atoms with Gasteiger partial charge in [-0.05, 0) is 37.1 Å². The molecule has 1 heterocycles. The van der Waals surface area contributed by atoms with Gasteiger partial charge >= 0.3 is 0 Å². The van der Waals surface area contributed by atoms with Crippen LogP contribution >= 0.6 is 0 Å². The fraction of sp³-hybridized carbons (Fsp3) is 0.538. The lowest BCUT2D eigenvalue weighted by atomic mass is 10.0. The third-order valence-corrected chi connectivity index (χ3v) is 3.30. The number of hydrogen-bond donors (Lipinski definition) is 1. The van der Waals surface area contributed by atoms with E-state index in [9.17, 15) is 8.78 Å². The predicted octanol–water partition coefficient (Wildman–Crippen LogP) is 1.80. The van der Waals surface area contributed by atoms with Crippen molar-refractivity contribution in [1.82, 2.24) is 10.2 Å². The minimum absolute atomic E-state index is 0.244. The molecule has 1 aromatic rings. The highest BCUT2D eigenvalue weighted by Crippen LogP contribution is 2.14. The zero-order valence-corrected chi connectivity index (χ0v) is 10.0. The molecule has 1 atom stereocenters.